The number of piperazine rings is 2. The molecule has 3 rings (SSSR count). The minimum Gasteiger partial charge on any atom is -0.497 e. The average Bonchev–Trinajstić information content (AvgIpc) is 2.60. The first-order chi connectivity index (χ1) is 12.6. The predicted octanol–water partition coefficient (Wildman–Crippen LogP) is 2.85. The second-order valence-corrected chi connectivity index (χ2v) is 9.68. The van der Waals surface area contributed by atoms with E-state index in [4.69, 9.17) is 4.74 Å². The molecule has 0 radical (unpaired) electrons. The van der Waals surface area contributed by atoms with Crippen molar-refractivity contribution in [3.63, 3.8) is 0 Å². The number of benzene rings is 1. The van der Waals surface area contributed by atoms with Gasteiger partial charge < -0.3 is 9.64 Å². The van der Waals surface area contributed by atoms with E-state index in [1.807, 2.05) is 32.9 Å². The van der Waals surface area contributed by atoms with Crippen LogP contribution in [0.1, 0.15) is 40.2 Å². The highest BCUT2D eigenvalue weighted by atomic mass is 16.5. The Labute approximate surface area is 164 Å². The number of rotatable bonds is 3. The van der Waals surface area contributed by atoms with Crippen molar-refractivity contribution in [2.75, 3.05) is 39.8 Å². The topological polar surface area (TPSA) is 36.0 Å². The Morgan fingerprint density at radius 1 is 1.15 bits per heavy atom. The van der Waals surface area contributed by atoms with E-state index >= 15 is 0 Å². The zero-order valence-corrected chi connectivity index (χ0v) is 17.8. The van der Waals surface area contributed by atoms with Gasteiger partial charge in [0.05, 0.1) is 7.11 Å². The Hall–Kier alpha value is -1.59. The van der Waals surface area contributed by atoms with Gasteiger partial charge >= 0.3 is 0 Å². The van der Waals surface area contributed by atoms with Crippen LogP contribution in [0, 0.1) is 5.41 Å². The summed E-state index contributed by atoms with van der Waals surface area (Å²) in [6, 6.07) is 8.75. The number of hydrogen-bond donors (Lipinski definition) is 0. The molecular formula is C22H35N3O2. The molecule has 1 aromatic carbocycles. The van der Waals surface area contributed by atoms with Crippen molar-refractivity contribution in [1.29, 1.82) is 0 Å². The van der Waals surface area contributed by atoms with E-state index < -0.39 is 0 Å². The lowest BCUT2D eigenvalue weighted by atomic mass is 9.90. The molecule has 1 amide bonds. The lowest BCUT2D eigenvalue weighted by molar-refractivity contribution is -0.147. The van der Waals surface area contributed by atoms with Crippen LogP contribution in [0.4, 0.5) is 0 Å². The summed E-state index contributed by atoms with van der Waals surface area (Å²) in [5.74, 6) is 1.17. The van der Waals surface area contributed by atoms with Crippen LogP contribution in [0.5, 0.6) is 5.75 Å². The van der Waals surface area contributed by atoms with Crippen molar-refractivity contribution in [3.8, 4) is 5.75 Å². The van der Waals surface area contributed by atoms with Gasteiger partial charge in [-0.15, -0.1) is 0 Å². The monoisotopic (exact) mass is 373 g/mol. The molecule has 150 valence electrons. The SMILES string of the molecule is COc1ccc(CN2CC3CN(C(=O)C(C)(C)C)CCN3C(C)(C)C2)cc1. The van der Waals surface area contributed by atoms with Crippen molar-refractivity contribution in [1.82, 2.24) is 14.7 Å². The third kappa shape index (κ3) is 4.46. The summed E-state index contributed by atoms with van der Waals surface area (Å²) in [4.78, 5) is 20.0. The zero-order chi connectivity index (χ0) is 19.8. The summed E-state index contributed by atoms with van der Waals surface area (Å²) >= 11 is 0. The first kappa shape index (κ1) is 20.2. The van der Waals surface area contributed by atoms with Crippen LogP contribution in [0.2, 0.25) is 0 Å². The van der Waals surface area contributed by atoms with Crippen LogP contribution in [0.25, 0.3) is 0 Å². The fourth-order valence-corrected chi connectivity index (χ4v) is 4.58. The quantitative estimate of drug-likeness (QED) is 0.816. The van der Waals surface area contributed by atoms with Gasteiger partial charge in [-0.1, -0.05) is 32.9 Å². The lowest BCUT2D eigenvalue weighted by Crippen LogP contribution is -2.70. The summed E-state index contributed by atoms with van der Waals surface area (Å²) < 4.78 is 5.27. The van der Waals surface area contributed by atoms with Crippen molar-refractivity contribution in [2.24, 2.45) is 5.41 Å². The van der Waals surface area contributed by atoms with Gasteiger partial charge in [0.25, 0.3) is 0 Å². The molecule has 0 aromatic heterocycles. The van der Waals surface area contributed by atoms with Crippen molar-refractivity contribution in [2.45, 2.75) is 52.7 Å². The second-order valence-electron chi connectivity index (χ2n) is 9.68. The number of fused-ring (bicyclic) bond motifs is 1. The molecule has 1 unspecified atom stereocenters. The van der Waals surface area contributed by atoms with Crippen molar-refractivity contribution in [3.05, 3.63) is 29.8 Å². The van der Waals surface area contributed by atoms with Gasteiger partial charge in [-0.05, 0) is 31.5 Å². The number of ether oxygens (including phenoxy) is 1. The van der Waals surface area contributed by atoms with E-state index in [1.54, 1.807) is 7.11 Å². The maximum atomic E-state index is 12.8. The molecule has 1 atom stereocenters. The van der Waals surface area contributed by atoms with Gasteiger partial charge in [-0.2, -0.15) is 0 Å². The molecule has 0 saturated carbocycles. The molecule has 0 N–H and O–H groups in total. The van der Waals surface area contributed by atoms with Gasteiger partial charge in [0.1, 0.15) is 5.75 Å². The maximum absolute atomic E-state index is 12.8. The van der Waals surface area contributed by atoms with E-state index in [-0.39, 0.29) is 16.9 Å². The molecule has 5 nitrogen and oxygen atoms in total. The number of nitrogens with zero attached hydrogens (tertiary/aromatic N) is 3. The van der Waals surface area contributed by atoms with Gasteiger partial charge in [0.15, 0.2) is 0 Å². The van der Waals surface area contributed by atoms with Gasteiger partial charge in [-0.25, -0.2) is 0 Å². The maximum Gasteiger partial charge on any atom is 0.228 e. The standard InChI is InChI=1S/C22H35N3O2/c1-21(2,3)20(26)24-11-12-25-18(15-24)14-23(16-22(25,4)5)13-17-7-9-19(27-6)10-8-17/h7-10,18H,11-16H2,1-6H3. The predicted molar refractivity (Wildman–Crippen MR) is 109 cm³/mol. The number of amides is 1. The third-order valence-electron chi connectivity index (χ3n) is 5.83. The molecular weight excluding hydrogens is 338 g/mol. The fourth-order valence-electron chi connectivity index (χ4n) is 4.58. The van der Waals surface area contributed by atoms with Crippen molar-refractivity contribution < 1.29 is 9.53 Å². The van der Waals surface area contributed by atoms with Crippen LogP contribution in [0.15, 0.2) is 24.3 Å². The number of carbonyl (C=O) groups excluding carboxylic acids is 1. The first-order valence-corrected chi connectivity index (χ1v) is 10.0. The Bertz CT molecular complexity index is 663. The van der Waals surface area contributed by atoms with Crippen LogP contribution < -0.4 is 4.74 Å². The van der Waals surface area contributed by atoms with E-state index in [9.17, 15) is 4.79 Å². The normalized spacial score (nSPS) is 23.8. The van der Waals surface area contributed by atoms with Gasteiger partial charge in [-0.3, -0.25) is 14.6 Å². The zero-order valence-electron chi connectivity index (χ0n) is 17.8. The first-order valence-electron chi connectivity index (χ1n) is 10.0. The molecule has 2 aliphatic heterocycles. The van der Waals surface area contributed by atoms with Crippen LogP contribution in [-0.2, 0) is 11.3 Å². The van der Waals surface area contributed by atoms with E-state index in [0.29, 0.717) is 6.04 Å². The minimum atomic E-state index is -0.310. The Morgan fingerprint density at radius 3 is 2.41 bits per heavy atom. The summed E-state index contributed by atoms with van der Waals surface area (Å²) in [7, 11) is 1.70. The second kappa shape index (κ2) is 7.44. The van der Waals surface area contributed by atoms with Crippen LogP contribution in [0.3, 0.4) is 0 Å². The van der Waals surface area contributed by atoms with Crippen molar-refractivity contribution >= 4 is 5.91 Å². The fraction of sp³-hybridized carbons (Fsp3) is 0.682. The van der Waals surface area contributed by atoms with E-state index in [1.165, 1.54) is 5.56 Å². The summed E-state index contributed by atoms with van der Waals surface area (Å²) in [5.41, 5.74) is 1.11. The van der Waals surface area contributed by atoms with Gasteiger partial charge in [0, 0.05) is 56.3 Å². The Kier molecular flexibility index (Phi) is 5.55. The molecule has 1 aromatic rings. The summed E-state index contributed by atoms with van der Waals surface area (Å²) in [5, 5.41) is 0. The molecule has 27 heavy (non-hydrogen) atoms. The number of hydrogen-bond acceptors (Lipinski definition) is 4. The van der Waals surface area contributed by atoms with Gasteiger partial charge in [0.2, 0.25) is 5.91 Å². The molecule has 2 saturated heterocycles. The summed E-state index contributed by atoms with van der Waals surface area (Å²) in [6.45, 7) is 16.3. The third-order valence-corrected chi connectivity index (χ3v) is 5.83. The molecule has 2 heterocycles. The lowest BCUT2D eigenvalue weighted by Gasteiger charge is -2.56. The summed E-state index contributed by atoms with van der Waals surface area (Å²) in [6.07, 6.45) is 0. The largest absolute Gasteiger partial charge is 0.497 e. The average molecular weight is 374 g/mol. The molecule has 2 aliphatic rings. The number of carbonyl (C=O) groups is 1. The Morgan fingerprint density at radius 2 is 1.81 bits per heavy atom. The molecule has 2 fully saturated rings. The highest BCUT2D eigenvalue weighted by Gasteiger charge is 2.44. The Balaban J connectivity index is 1.70. The molecule has 0 aliphatic carbocycles. The molecule has 0 spiro atoms. The van der Waals surface area contributed by atoms with E-state index in [2.05, 4.69) is 40.7 Å². The molecule has 0 bridgehead atoms. The van der Waals surface area contributed by atoms with Crippen LogP contribution >= 0.6 is 0 Å². The highest BCUT2D eigenvalue weighted by molar-refractivity contribution is 5.81. The van der Waals surface area contributed by atoms with E-state index in [0.717, 1.165) is 45.0 Å². The smallest absolute Gasteiger partial charge is 0.228 e. The molecule has 5 heteroatoms. The number of methoxy groups -OCH3 is 1. The highest BCUT2D eigenvalue weighted by Crippen LogP contribution is 2.30. The minimum absolute atomic E-state index is 0.117. The van der Waals surface area contributed by atoms with Crippen LogP contribution in [-0.4, -0.2) is 72.0 Å².